The van der Waals surface area contributed by atoms with E-state index in [1.807, 2.05) is 31.2 Å². The molecule has 0 aromatic heterocycles. The molecule has 0 saturated heterocycles. The van der Waals surface area contributed by atoms with Crippen molar-refractivity contribution in [3.05, 3.63) is 65.2 Å². The minimum Gasteiger partial charge on any atom is -0.329 e. The molecule has 3 atom stereocenters. The summed E-state index contributed by atoms with van der Waals surface area (Å²) in [6.07, 6.45) is 0.945. The Morgan fingerprint density at radius 3 is 2.12 bits per heavy atom. The van der Waals surface area contributed by atoms with E-state index < -0.39 is 20.6 Å². The summed E-state index contributed by atoms with van der Waals surface area (Å²) in [6.45, 7) is 4.16. The summed E-state index contributed by atoms with van der Waals surface area (Å²) in [7, 11) is -3.52. The topological polar surface area (TPSA) is 86.2 Å². The molecule has 0 amide bonds. The van der Waals surface area contributed by atoms with Crippen LogP contribution in [0.5, 0.6) is 0 Å². The molecule has 2 aromatic rings. The molecule has 24 heavy (non-hydrogen) atoms. The van der Waals surface area contributed by atoms with E-state index in [9.17, 15) is 8.42 Å². The molecule has 0 spiro atoms. The van der Waals surface area contributed by atoms with Crippen LogP contribution in [0.3, 0.4) is 0 Å². The Morgan fingerprint density at radius 1 is 1.04 bits per heavy atom. The SMILES string of the molecule is CCc1ccc([C@@H]2[C@H](S(=O)(=O)c3ccc(C)cc3)[C@]2(N)CN)cc1. The van der Waals surface area contributed by atoms with Gasteiger partial charge in [-0.05, 0) is 36.6 Å². The van der Waals surface area contributed by atoms with E-state index in [-0.39, 0.29) is 12.5 Å². The molecule has 1 aliphatic carbocycles. The minimum atomic E-state index is -3.52. The van der Waals surface area contributed by atoms with Crippen molar-refractivity contribution in [1.82, 2.24) is 0 Å². The van der Waals surface area contributed by atoms with Gasteiger partial charge in [0, 0.05) is 12.5 Å². The maximum atomic E-state index is 13.1. The first-order chi connectivity index (χ1) is 11.3. The first kappa shape index (κ1) is 17.1. The van der Waals surface area contributed by atoms with Gasteiger partial charge in [-0.2, -0.15) is 0 Å². The highest BCUT2D eigenvalue weighted by Gasteiger charge is 2.68. The van der Waals surface area contributed by atoms with Crippen LogP contribution in [0.4, 0.5) is 0 Å². The summed E-state index contributed by atoms with van der Waals surface area (Å²) < 4.78 is 26.1. The summed E-state index contributed by atoms with van der Waals surface area (Å²) in [4.78, 5) is 0.314. The van der Waals surface area contributed by atoms with Gasteiger partial charge >= 0.3 is 0 Å². The smallest absolute Gasteiger partial charge is 0.183 e. The lowest BCUT2D eigenvalue weighted by molar-refractivity contribution is 0.586. The molecular formula is C19H24N2O2S. The van der Waals surface area contributed by atoms with E-state index >= 15 is 0 Å². The molecule has 4 nitrogen and oxygen atoms in total. The molecule has 0 aliphatic heterocycles. The van der Waals surface area contributed by atoms with E-state index in [1.165, 1.54) is 5.56 Å². The van der Waals surface area contributed by atoms with Gasteiger partial charge in [0.15, 0.2) is 9.84 Å². The molecule has 0 heterocycles. The monoisotopic (exact) mass is 344 g/mol. The second kappa shape index (κ2) is 5.99. The molecule has 0 bridgehead atoms. The predicted octanol–water partition coefficient (Wildman–Crippen LogP) is 2.15. The van der Waals surface area contributed by atoms with Crippen LogP contribution >= 0.6 is 0 Å². The van der Waals surface area contributed by atoms with Crippen LogP contribution in [0.15, 0.2) is 53.4 Å². The number of benzene rings is 2. The van der Waals surface area contributed by atoms with E-state index in [0.717, 1.165) is 17.5 Å². The second-order valence-electron chi connectivity index (χ2n) is 6.67. The van der Waals surface area contributed by atoms with Gasteiger partial charge in [-0.15, -0.1) is 0 Å². The zero-order valence-corrected chi connectivity index (χ0v) is 14.9. The largest absolute Gasteiger partial charge is 0.329 e. The maximum Gasteiger partial charge on any atom is 0.183 e. The first-order valence-electron chi connectivity index (χ1n) is 8.23. The van der Waals surface area contributed by atoms with Gasteiger partial charge in [-0.3, -0.25) is 0 Å². The molecule has 0 radical (unpaired) electrons. The quantitative estimate of drug-likeness (QED) is 0.870. The third-order valence-corrected chi connectivity index (χ3v) is 7.40. The highest BCUT2D eigenvalue weighted by molar-refractivity contribution is 7.92. The molecule has 5 heteroatoms. The van der Waals surface area contributed by atoms with Gasteiger partial charge in [0.05, 0.1) is 15.7 Å². The maximum absolute atomic E-state index is 13.1. The molecule has 3 rings (SSSR count). The van der Waals surface area contributed by atoms with Gasteiger partial charge in [0.2, 0.25) is 0 Å². The van der Waals surface area contributed by atoms with Gasteiger partial charge < -0.3 is 11.5 Å². The van der Waals surface area contributed by atoms with Crippen molar-refractivity contribution in [1.29, 1.82) is 0 Å². The molecule has 1 fully saturated rings. The van der Waals surface area contributed by atoms with Crippen LogP contribution in [-0.2, 0) is 16.3 Å². The fourth-order valence-corrected chi connectivity index (χ4v) is 5.77. The second-order valence-corrected chi connectivity index (χ2v) is 8.74. The lowest BCUT2D eigenvalue weighted by atomic mass is 10.0. The summed E-state index contributed by atoms with van der Waals surface area (Å²) in [5.74, 6) is -0.264. The van der Waals surface area contributed by atoms with Gasteiger partial charge in [-0.25, -0.2) is 8.42 Å². The Kier molecular flexibility index (Phi) is 4.28. The highest BCUT2D eigenvalue weighted by Crippen LogP contribution is 2.55. The van der Waals surface area contributed by atoms with Crippen molar-refractivity contribution < 1.29 is 8.42 Å². The first-order valence-corrected chi connectivity index (χ1v) is 9.77. The third kappa shape index (κ3) is 2.66. The van der Waals surface area contributed by atoms with Crippen LogP contribution < -0.4 is 11.5 Å². The highest BCUT2D eigenvalue weighted by atomic mass is 32.2. The van der Waals surface area contributed by atoms with Crippen LogP contribution in [0.25, 0.3) is 0 Å². The number of aryl methyl sites for hydroxylation is 2. The molecular weight excluding hydrogens is 320 g/mol. The summed E-state index contributed by atoms with van der Waals surface area (Å²) >= 11 is 0. The average molecular weight is 344 g/mol. The van der Waals surface area contributed by atoms with Crippen LogP contribution in [0.1, 0.15) is 29.5 Å². The van der Waals surface area contributed by atoms with Crippen molar-refractivity contribution in [2.24, 2.45) is 11.5 Å². The van der Waals surface area contributed by atoms with E-state index in [2.05, 4.69) is 6.92 Å². The molecule has 128 valence electrons. The normalized spacial score (nSPS) is 26.3. The Labute approximate surface area is 143 Å². The van der Waals surface area contributed by atoms with Crippen LogP contribution in [0, 0.1) is 6.92 Å². The molecule has 4 N–H and O–H groups in total. The van der Waals surface area contributed by atoms with Gasteiger partial charge in [0.25, 0.3) is 0 Å². The van der Waals surface area contributed by atoms with Crippen molar-refractivity contribution in [2.75, 3.05) is 6.54 Å². The molecule has 1 saturated carbocycles. The molecule has 1 aliphatic rings. The van der Waals surface area contributed by atoms with Crippen molar-refractivity contribution in [2.45, 2.75) is 41.9 Å². The lowest BCUT2D eigenvalue weighted by Crippen LogP contribution is -2.39. The fourth-order valence-electron chi connectivity index (χ4n) is 3.45. The number of hydrogen-bond donors (Lipinski definition) is 2. The lowest BCUT2D eigenvalue weighted by Gasteiger charge is -2.09. The summed E-state index contributed by atoms with van der Waals surface area (Å²) in [5.41, 5.74) is 14.5. The third-order valence-electron chi connectivity index (χ3n) is 5.09. The minimum absolute atomic E-state index is 0.142. The van der Waals surface area contributed by atoms with Crippen LogP contribution in [0.2, 0.25) is 0 Å². The summed E-state index contributed by atoms with van der Waals surface area (Å²) in [6, 6.07) is 14.9. The van der Waals surface area contributed by atoms with Crippen molar-refractivity contribution in [3.63, 3.8) is 0 Å². The molecule has 0 unspecified atom stereocenters. The van der Waals surface area contributed by atoms with Crippen molar-refractivity contribution >= 4 is 9.84 Å². The van der Waals surface area contributed by atoms with Gasteiger partial charge in [-0.1, -0.05) is 48.9 Å². The zero-order chi connectivity index (χ0) is 17.5. The fraction of sp³-hybridized carbons (Fsp3) is 0.368. The number of rotatable bonds is 5. The summed E-state index contributed by atoms with van der Waals surface area (Å²) in [5, 5.41) is -0.676. The molecule has 2 aromatic carbocycles. The number of nitrogens with two attached hydrogens (primary N) is 2. The zero-order valence-electron chi connectivity index (χ0n) is 14.1. The predicted molar refractivity (Wildman–Crippen MR) is 96.7 cm³/mol. The average Bonchev–Trinajstić information content (AvgIpc) is 3.23. The Morgan fingerprint density at radius 2 is 1.62 bits per heavy atom. The Bertz CT molecular complexity index is 829. The van der Waals surface area contributed by atoms with E-state index in [0.29, 0.717) is 4.90 Å². The van der Waals surface area contributed by atoms with E-state index in [1.54, 1.807) is 24.3 Å². The van der Waals surface area contributed by atoms with Crippen molar-refractivity contribution in [3.8, 4) is 0 Å². The Hall–Kier alpha value is -1.69. The van der Waals surface area contributed by atoms with Crippen LogP contribution in [-0.4, -0.2) is 25.8 Å². The van der Waals surface area contributed by atoms with Gasteiger partial charge in [0.1, 0.15) is 0 Å². The Balaban J connectivity index is 1.98. The van der Waals surface area contributed by atoms with E-state index in [4.69, 9.17) is 11.5 Å². The number of sulfone groups is 1. The standard InChI is InChI=1S/C19H24N2O2S/c1-3-14-6-8-15(9-7-14)17-18(19(17,21)12-20)24(22,23)16-10-4-13(2)5-11-16/h4-11,17-18H,3,12,20-21H2,1-2H3/t17-,18+,19+/m1/s1. The number of hydrogen-bond acceptors (Lipinski definition) is 4.